The monoisotopic (exact) mass is 688 g/mol. The predicted octanol–water partition coefficient (Wildman–Crippen LogP) is 4.90. The number of benzene rings is 2. The maximum absolute atomic E-state index is 11.8. The van der Waals surface area contributed by atoms with Crippen LogP contribution >= 0.6 is 15.9 Å². The summed E-state index contributed by atoms with van der Waals surface area (Å²) < 4.78 is 5.86. The lowest BCUT2D eigenvalue weighted by atomic mass is 9.79. The molecular formula is C35H62O9P2+2. The van der Waals surface area contributed by atoms with Gasteiger partial charge in [-0.2, -0.15) is 19.6 Å². The van der Waals surface area contributed by atoms with Gasteiger partial charge in [0, 0.05) is 26.6 Å². The van der Waals surface area contributed by atoms with Crippen molar-refractivity contribution in [1.82, 2.24) is 0 Å². The first-order valence-electron chi connectivity index (χ1n) is 15.6. The van der Waals surface area contributed by atoms with Gasteiger partial charge in [-0.1, -0.05) is 118 Å². The van der Waals surface area contributed by atoms with Crippen LogP contribution in [0.25, 0.3) is 0 Å². The molecule has 264 valence electrons. The highest BCUT2D eigenvalue weighted by atomic mass is 31.3. The highest BCUT2D eigenvalue weighted by molar-refractivity contribution is 7.80. The van der Waals surface area contributed by atoms with Crippen LogP contribution in [0.3, 0.4) is 0 Å². The van der Waals surface area contributed by atoms with E-state index in [0.29, 0.717) is 0 Å². The minimum Gasteiger partial charge on any atom is -0.396 e. The van der Waals surface area contributed by atoms with Crippen molar-refractivity contribution >= 4 is 26.5 Å². The van der Waals surface area contributed by atoms with Gasteiger partial charge >= 0.3 is 15.9 Å². The molecule has 0 amide bonds. The van der Waals surface area contributed by atoms with Crippen LogP contribution in [0.1, 0.15) is 116 Å². The molecular weight excluding hydrogens is 626 g/mol. The number of hydrogen-bond donors (Lipinski definition) is 8. The standard InChI is InChI=1S/C30H50O5P2.C5H12O4/c1-19-15-21(27(3,4)5)25(22(16-19)28(6,7)8)36(31,32)35-37(33,34)26-23(29(9,10)11)17-20(2)18-24(26)30(12,13)14;6-1-5(2-7,3-8)4-9/h15-18,31-34H,1-14H3;6-9H,1-4H2/q+2;. The molecule has 0 bridgehead atoms. The van der Waals surface area contributed by atoms with Crippen LogP contribution in [0.4, 0.5) is 0 Å². The maximum atomic E-state index is 11.8. The molecule has 0 spiro atoms. The fraction of sp³-hybridized carbons (Fsp3) is 0.657. The first-order valence-corrected chi connectivity index (χ1v) is 18.8. The average molecular weight is 689 g/mol. The molecule has 2 aromatic carbocycles. The highest BCUT2D eigenvalue weighted by Gasteiger charge is 2.63. The van der Waals surface area contributed by atoms with E-state index in [4.69, 9.17) is 24.7 Å². The second-order valence-corrected chi connectivity index (χ2v) is 20.4. The normalized spacial score (nSPS) is 13.9. The largest absolute Gasteiger partial charge is 0.497 e. The lowest BCUT2D eigenvalue weighted by Crippen LogP contribution is -2.37. The Morgan fingerprint density at radius 3 is 0.783 bits per heavy atom. The Kier molecular flexibility index (Phi) is 13.8. The zero-order valence-corrected chi connectivity index (χ0v) is 32.3. The van der Waals surface area contributed by atoms with E-state index in [9.17, 15) is 19.6 Å². The summed E-state index contributed by atoms with van der Waals surface area (Å²) in [6, 6.07) is 7.77. The zero-order chi connectivity index (χ0) is 36.5. The van der Waals surface area contributed by atoms with Crippen molar-refractivity contribution in [2.45, 2.75) is 119 Å². The Bertz CT molecular complexity index is 1140. The quantitative estimate of drug-likeness (QED) is 0.180. The third-order valence-electron chi connectivity index (χ3n) is 7.89. The molecule has 0 aliphatic rings. The molecule has 2 rings (SSSR count). The van der Waals surface area contributed by atoms with E-state index in [2.05, 4.69) is 0 Å². The van der Waals surface area contributed by atoms with Gasteiger partial charge in [-0.15, -0.1) is 0 Å². The summed E-state index contributed by atoms with van der Waals surface area (Å²) in [6.45, 7) is 26.4. The SMILES string of the molecule is Cc1cc(C(C)(C)C)c([P+](O)(O)O[P+](O)(O)c2c(C(C)(C)C)cc(C)cc2C(C)(C)C)c(C(C)(C)C)c1.OCC(CO)(CO)CO. The molecule has 11 heteroatoms. The summed E-state index contributed by atoms with van der Waals surface area (Å²) in [5.74, 6) is 0. The molecule has 0 atom stereocenters. The molecule has 0 fully saturated rings. The third-order valence-corrected chi connectivity index (χ3v) is 11.8. The Morgan fingerprint density at radius 1 is 0.457 bits per heavy atom. The molecule has 2 aromatic rings. The van der Waals surface area contributed by atoms with Crippen molar-refractivity contribution in [2.75, 3.05) is 26.4 Å². The van der Waals surface area contributed by atoms with Crippen molar-refractivity contribution < 1.29 is 44.3 Å². The number of rotatable bonds is 8. The van der Waals surface area contributed by atoms with Crippen LogP contribution in [-0.4, -0.2) is 66.4 Å². The van der Waals surface area contributed by atoms with E-state index in [1.165, 1.54) is 0 Å². The van der Waals surface area contributed by atoms with Gasteiger partial charge < -0.3 is 20.4 Å². The van der Waals surface area contributed by atoms with Crippen LogP contribution in [0.15, 0.2) is 24.3 Å². The van der Waals surface area contributed by atoms with E-state index in [1.54, 1.807) is 0 Å². The predicted molar refractivity (Wildman–Crippen MR) is 191 cm³/mol. The van der Waals surface area contributed by atoms with Gasteiger partial charge in [-0.3, -0.25) is 0 Å². The summed E-state index contributed by atoms with van der Waals surface area (Å²) in [7, 11) is -8.95. The highest BCUT2D eigenvalue weighted by Crippen LogP contribution is 2.69. The van der Waals surface area contributed by atoms with Crippen LogP contribution in [-0.2, 0) is 26.0 Å². The average Bonchev–Trinajstić information content (AvgIpc) is 2.87. The Hall–Kier alpha value is -1.06. The topological polar surface area (TPSA) is 171 Å². The number of hydrogen-bond acceptors (Lipinski definition) is 9. The molecule has 0 aliphatic heterocycles. The molecule has 0 aliphatic carbocycles. The molecule has 0 heterocycles. The molecule has 8 N–H and O–H groups in total. The van der Waals surface area contributed by atoms with Gasteiger partial charge in [0.15, 0.2) is 10.6 Å². The summed E-state index contributed by atoms with van der Waals surface area (Å²) in [5, 5.41) is 34.5. The van der Waals surface area contributed by atoms with E-state index in [0.717, 1.165) is 33.4 Å². The van der Waals surface area contributed by atoms with Crippen molar-refractivity contribution in [2.24, 2.45) is 5.41 Å². The summed E-state index contributed by atoms with van der Waals surface area (Å²) in [5.41, 5.74) is 2.04. The summed E-state index contributed by atoms with van der Waals surface area (Å²) >= 11 is 0. The van der Waals surface area contributed by atoms with E-state index in [-0.39, 0.29) is 10.6 Å². The first kappa shape index (κ1) is 43.0. The van der Waals surface area contributed by atoms with E-state index >= 15 is 0 Å². The zero-order valence-electron chi connectivity index (χ0n) is 30.5. The molecule has 46 heavy (non-hydrogen) atoms. The van der Waals surface area contributed by atoms with Crippen LogP contribution in [0.5, 0.6) is 0 Å². The molecule has 9 nitrogen and oxygen atoms in total. The Morgan fingerprint density at radius 2 is 0.652 bits per heavy atom. The molecule has 0 saturated heterocycles. The Labute approximate surface area is 278 Å². The minimum atomic E-state index is -4.48. The van der Waals surface area contributed by atoms with Gasteiger partial charge in [-0.05, 0) is 35.5 Å². The molecule has 0 saturated carbocycles. The number of aliphatic hydroxyl groups excluding tert-OH is 4. The van der Waals surface area contributed by atoms with Crippen molar-refractivity contribution in [3.05, 3.63) is 57.6 Å². The van der Waals surface area contributed by atoms with Gasteiger partial charge in [0.2, 0.25) is 0 Å². The molecule has 0 radical (unpaired) electrons. The van der Waals surface area contributed by atoms with Crippen molar-refractivity contribution in [1.29, 1.82) is 0 Å². The fourth-order valence-corrected chi connectivity index (χ4v) is 9.79. The lowest BCUT2D eigenvalue weighted by Gasteiger charge is -2.31. The minimum absolute atomic E-state index is 0.271. The van der Waals surface area contributed by atoms with Crippen LogP contribution in [0, 0.1) is 19.3 Å². The van der Waals surface area contributed by atoms with Crippen LogP contribution < -0.4 is 10.6 Å². The Balaban J connectivity index is 0.00000102. The van der Waals surface area contributed by atoms with Gasteiger partial charge in [0.05, 0.1) is 31.8 Å². The van der Waals surface area contributed by atoms with Gasteiger partial charge in [0.25, 0.3) is 0 Å². The van der Waals surface area contributed by atoms with Gasteiger partial charge in [0.1, 0.15) is 0 Å². The second kappa shape index (κ2) is 14.8. The van der Waals surface area contributed by atoms with E-state index in [1.807, 2.05) is 121 Å². The summed E-state index contributed by atoms with van der Waals surface area (Å²) in [4.78, 5) is 47.0. The number of aliphatic hydroxyl groups is 4. The second-order valence-electron chi connectivity index (χ2n) is 16.7. The van der Waals surface area contributed by atoms with Gasteiger partial charge in [-0.25, -0.2) is 0 Å². The fourth-order valence-electron chi connectivity index (χ4n) is 5.01. The number of aryl methyl sites for hydroxylation is 2. The van der Waals surface area contributed by atoms with E-state index < -0.39 is 69.4 Å². The van der Waals surface area contributed by atoms with Crippen molar-refractivity contribution in [3.8, 4) is 0 Å². The first-order chi connectivity index (χ1) is 20.4. The summed E-state index contributed by atoms with van der Waals surface area (Å²) in [6.07, 6.45) is 0. The molecule has 0 unspecified atom stereocenters. The maximum Gasteiger partial charge on any atom is 0.497 e. The smallest absolute Gasteiger partial charge is 0.396 e. The lowest BCUT2D eigenvalue weighted by molar-refractivity contribution is -0.0328. The van der Waals surface area contributed by atoms with Crippen LogP contribution in [0.2, 0.25) is 0 Å². The molecule has 0 aromatic heterocycles. The third kappa shape index (κ3) is 10.5. The van der Waals surface area contributed by atoms with Crippen molar-refractivity contribution in [3.63, 3.8) is 0 Å².